The predicted molar refractivity (Wildman–Crippen MR) is 87.4 cm³/mol. The number of nitrogens with zero attached hydrogens (tertiary/aromatic N) is 6. The van der Waals surface area contributed by atoms with Gasteiger partial charge in [0.05, 0.1) is 23.9 Å². The summed E-state index contributed by atoms with van der Waals surface area (Å²) in [5, 5.41) is 12.1. The number of aryl methyl sites for hydroxylation is 1. The molecular formula is C17H13FN6O. The van der Waals surface area contributed by atoms with Gasteiger partial charge >= 0.3 is 0 Å². The van der Waals surface area contributed by atoms with Gasteiger partial charge in [-0.25, -0.2) is 4.39 Å². The molecule has 25 heavy (non-hydrogen) atoms. The zero-order chi connectivity index (χ0) is 17.4. The maximum Gasteiger partial charge on any atom is 0.172 e. The van der Waals surface area contributed by atoms with Gasteiger partial charge in [-0.3, -0.25) is 18.9 Å². The Morgan fingerprint density at radius 3 is 2.88 bits per heavy atom. The first-order chi connectivity index (χ1) is 12.1. The van der Waals surface area contributed by atoms with E-state index in [4.69, 9.17) is 0 Å². The Bertz CT molecular complexity index is 1070. The lowest BCUT2D eigenvalue weighted by Crippen LogP contribution is -2.08. The van der Waals surface area contributed by atoms with Crippen molar-refractivity contribution >= 4 is 11.4 Å². The van der Waals surface area contributed by atoms with Gasteiger partial charge in [0.1, 0.15) is 12.1 Å². The van der Waals surface area contributed by atoms with E-state index in [-0.39, 0.29) is 12.2 Å². The van der Waals surface area contributed by atoms with Gasteiger partial charge in [-0.15, -0.1) is 10.2 Å². The SMILES string of the molecule is Cn1nccc1-c1cc(C(=O)Cc2ccc(F)cn2)c2nncn2c1. The van der Waals surface area contributed by atoms with Crippen molar-refractivity contribution in [3.63, 3.8) is 0 Å². The molecule has 4 rings (SSSR count). The average molecular weight is 336 g/mol. The van der Waals surface area contributed by atoms with E-state index in [0.29, 0.717) is 16.9 Å². The third-order valence-electron chi connectivity index (χ3n) is 3.94. The Balaban J connectivity index is 1.77. The summed E-state index contributed by atoms with van der Waals surface area (Å²) in [7, 11) is 1.83. The van der Waals surface area contributed by atoms with Crippen molar-refractivity contribution in [2.45, 2.75) is 6.42 Å². The normalized spacial score (nSPS) is 11.1. The molecule has 124 valence electrons. The van der Waals surface area contributed by atoms with Gasteiger partial charge < -0.3 is 0 Å². The summed E-state index contributed by atoms with van der Waals surface area (Å²) in [6.45, 7) is 0. The second kappa shape index (κ2) is 5.90. The molecule has 0 atom stereocenters. The van der Waals surface area contributed by atoms with E-state index in [2.05, 4.69) is 20.3 Å². The molecule has 4 aromatic heterocycles. The fourth-order valence-corrected chi connectivity index (χ4v) is 2.71. The lowest BCUT2D eigenvalue weighted by molar-refractivity contribution is 0.0993. The highest BCUT2D eigenvalue weighted by Gasteiger charge is 2.17. The molecule has 0 aliphatic heterocycles. The van der Waals surface area contributed by atoms with Crippen LogP contribution < -0.4 is 0 Å². The highest BCUT2D eigenvalue weighted by molar-refractivity contribution is 6.03. The number of fused-ring (bicyclic) bond motifs is 1. The fourth-order valence-electron chi connectivity index (χ4n) is 2.71. The van der Waals surface area contributed by atoms with Gasteiger partial charge in [0, 0.05) is 30.7 Å². The molecule has 0 unspecified atom stereocenters. The van der Waals surface area contributed by atoms with Crippen LogP contribution in [-0.4, -0.2) is 35.1 Å². The third-order valence-corrected chi connectivity index (χ3v) is 3.94. The average Bonchev–Trinajstić information content (AvgIpc) is 3.24. The molecule has 0 N–H and O–H groups in total. The number of pyridine rings is 2. The largest absolute Gasteiger partial charge is 0.294 e. The summed E-state index contributed by atoms with van der Waals surface area (Å²) in [5.41, 5.74) is 3.09. The lowest BCUT2D eigenvalue weighted by atomic mass is 10.0. The van der Waals surface area contributed by atoms with E-state index in [9.17, 15) is 9.18 Å². The van der Waals surface area contributed by atoms with Gasteiger partial charge in [-0.2, -0.15) is 5.10 Å². The second-order valence-electron chi connectivity index (χ2n) is 5.61. The first-order valence-corrected chi connectivity index (χ1v) is 7.57. The number of carbonyl (C=O) groups is 1. The van der Waals surface area contributed by atoms with Crippen molar-refractivity contribution < 1.29 is 9.18 Å². The van der Waals surface area contributed by atoms with Crippen LogP contribution in [-0.2, 0) is 13.5 Å². The van der Waals surface area contributed by atoms with E-state index in [1.165, 1.54) is 12.1 Å². The van der Waals surface area contributed by atoms with E-state index in [1.54, 1.807) is 27.7 Å². The van der Waals surface area contributed by atoms with Gasteiger partial charge in [0.15, 0.2) is 11.4 Å². The van der Waals surface area contributed by atoms with Gasteiger partial charge in [0.2, 0.25) is 0 Å². The molecule has 0 saturated heterocycles. The van der Waals surface area contributed by atoms with Crippen LogP contribution in [0.15, 0.2) is 49.2 Å². The van der Waals surface area contributed by atoms with Gasteiger partial charge in [-0.05, 0) is 24.3 Å². The minimum atomic E-state index is -0.436. The number of rotatable bonds is 4. The Morgan fingerprint density at radius 1 is 1.28 bits per heavy atom. The number of hydrogen-bond donors (Lipinski definition) is 0. The summed E-state index contributed by atoms with van der Waals surface area (Å²) in [4.78, 5) is 16.7. The monoisotopic (exact) mass is 336 g/mol. The molecule has 4 heterocycles. The van der Waals surface area contributed by atoms with Gasteiger partial charge in [0.25, 0.3) is 0 Å². The van der Waals surface area contributed by atoms with Gasteiger partial charge in [-0.1, -0.05) is 0 Å². The van der Waals surface area contributed by atoms with E-state index in [0.717, 1.165) is 17.5 Å². The maximum absolute atomic E-state index is 13.0. The quantitative estimate of drug-likeness (QED) is 0.533. The van der Waals surface area contributed by atoms with Crippen molar-refractivity contribution in [1.29, 1.82) is 0 Å². The number of Topliss-reactive ketones (excluding diaryl/α,β-unsaturated/α-hetero) is 1. The highest BCUT2D eigenvalue weighted by atomic mass is 19.1. The Morgan fingerprint density at radius 2 is 2.16 bits per heavy atom. The van der Waals surface area contributed by atoms with Crippen LogP contribution in [0.4, 0.5) is 4.39 Å². The van der Waals surface area contributed by atoms with Crippen LogP contribution in [0, 0.1) is 5.82 Å². The van der Waals surface area contributed by atoms with E-state index >= 15 is 0 Å². The number of aromatic nitrogens is 6. The number of carbonyl (C=O) groups excluding carboxylic acids is 1. The molecule has 8 heteroatoms. The number of hydrogen-bond acceptors (Lipinski definition) is 5. The summed E-state index contributed by atoms with van der Waals surface area (Å²) in [6.07, 6.45) is 6.23. The standard InChI is InChI=1S/C17H13FN6O/c1-23-15(4-5-21-23)11-6-14(17-22-20-10-24(17)9-11)16(25)7-13-3-2-12(18)8-19-13/h2-6,8-10H,7H2,1H3. The fraction of sp³-hybridized carbons (Fsp3) is 0.118. The topological polar surface area (TPSA) is 78.0 Å². The summed E-state index contributed by atoms with van der Waals surface area (Å²) in [6, 6.07) is 6.42. The number of ketones is 1. The molecule has 0 aromatic carbocycles. The summed E-state index contributed by atoms with van der Waals surface area (Å²) >= 11 is 0. The molecule has 0 aliphatic carbocycles. The Labute approximate surface area is 141 Å². The molecule has 7 nitrogen and oxygen atoms in total. The minimum Gasteiger partial charge on any atom is -0.294 e. The van der Waals surface area contributed by atoms with Crippen molar-refractivity contribution in [2.75, 3.05) is 0 Å². The molecule has 4 aromatic rings. The smallest absolute Gasteiger partial charge is 0.172 e. The van der Waals surface area contributed by atoms with Crippen molar-refractivity contribution in [3.8, 4) is 11.3 Å². The molecule has 0 bridgehead atoms. The van der Waals surface area contributed by atoms with Crippen molar-refractivity contribution in [2.24, 2.45) is 7.05 Å². The van der Waals surface area contributed by atoms with Crippen molar-refractivity contribution in [3.05, 3.63) is 66.3 Å². The molecular weight excluding hydrogens is 323 g/mol. The van der Waals surface area contributed by atoms with Crippen LogP contribution in [0.3, 0.4) is 0 Å². The zero-order valence-corrected chi connectivity index (χ0v) is 13.3. The zero-order valence-electron chi connectivity index (χ0n) is 13.3. The minimum absolute atomic E-state index is 0.0532. The first kappa shape index (κ1) is 15.1. The van der Waals surface area contributed by atoms with E-state index < -0.39 is 5.82 Å². The molecule has 0 saturated carbocycles. The van der Waals surface area contributed by atoms with Crippen molar-refractivity contribution in [1.82, 2.24) is 29.4 Å². The van der Waals surface area contributed by atoms with Crippen LogP contribution >= 0.6 is 0 Å². The first-order valence-electron chi connectivity index (χ1n) is 7.57. The highest BCUT2D eigenvalue weighted by Crippen LogP contribution is 2.22. The summed E-state index contributed by atoms with van der Waals surface area (Å²) < 4.78 is 16.4. The molecule has 0 amide bonds. The molecule has 0 spiro atoms. The summed E-state index contributed by atoms with van der Waals surface area (Å²) in [5.74, 6) is -0.602. The third kappa shape index (κ3) is 2.78. The molecule has 0 aliphatic rings. The van der Waals surface area contributed by atoms with Crippen LogP contribution in [0.5, 0.6) is 0 Å². The maximum atomic E-state index is 13.0. The predicted octanol–water partition coefficient (Wildman–Crippen LogP) is 2.09. The number of halogens is 1. The van der Waals surface area contributed by atoms with E-state index in [1.807, 2.05) is 19.3 Å². The second-order valence-corrected chi connectivity index (χ2v) is 5.61. The lowest BCUT2D eigenvalue weighted by Gasteiger charge is -2.08. The van der Waals surface area contributed by atoms with Crippen LogP contribution in [0.2, 0.25) is 0 Å². The van der Waals surface area contributed by atoms with Crippen LogP contribution in [0.1, 0.15) is 16.1 Å². The Kier molecular flexibility index (Phi) is 3.57. The Hall–Kier alpha value is -3.42. The van der Waals surface area contributed by atoms with Crippen LogP contribution in [0.25, 0.3) is 16.9 Å². The molecule has 0 radical (unpaired) electrons. The molecule has 0 fully saturated rings.